The van der Waals surface area contributed by atoms with Crippen LogP contribution in [0.5, 0.6) is 0 Å². The molecule has 0 saturated carbocycles. The lowest BCUT2D eigenvalue weighted by atomic mass is 10.00. The summed E-state index contributed by atoms with van der Waals surface area (Å²) in [5.41, 5.74) is 1.15. The van der Waals surface area contributed by atoms with E-state index in [1.165, 1.54) is 5.39 Å². The molecule has 0 spiro atoms. The summed E-state index contributed by atoms with van der Waals surface area (Å²) >= 11 is 0. The molecule has 1 aromatic carbocycles. The summed E-state index contributed by atoms with van der Waals surface area (Å²) < 4.78 is 5.56. The highest BCUT2D eigenvalue weighted by atomic mass is 16.3. The first-order valence-corrected chi connectivity index (χ1v) is 6.49. The second-order valence-electron chi connectivity index (χ2n) is 4.46. The highest BCUT2D eigenvalue weighted by molar-refractivity contribution is 5.85. The van der Waals surface area contributed by atoms with Gasteiger partial charge < -0.3 is 9.73 Å². The van der Waals surface area contributed by atoms with Crippen molar-refractivity contribution in [3.05, 3.63) is 66.4 Å². The van der Waals surface area contributed by atoms with E-state index < -0.39 is 0 Å². The minimum Gasteiger partial charge on any atom is -0.467 e. The third-order valence-electron chi connectivity index (χ3n) is 3.25. The summed E-state index contributed by atoms with van der Waals surface area (Å²) in [6, 6.07) is 12.2. The normalized spacial score (nSPS) is 12.7. The van der Waals surface area contributed by atoms with Gasteiger partial charge in [-0.3, -0.25) is 4.98 Å². The van der Waals surface area contributed by atoms with Crippen LogP contribution in [-0.2, 0) is 0 Å². The maximum absolute atomic E-state index is 5.56. The van der Waals surface area contributed by atoms with E-state index in [1.807, 2.05) is 30.6 Å². The van der Waals surface area contributed by atoms with Crippen molar-refractivity contribution in [3.8, 4) is 0 Å². The van der Waals surface area contributed by atoms with Gasteiger partial charge in [-0.1, -0.05) is 31.2 Å². The van der Waals surface area contributed by atoms with Crippen LogP contribution in [0.3, 0.4) is 0 Å². The molecule has 2 aromatic heterocycles. The molecule has 3 nitrogen and oxygen atoms in total. The Balaban J connectivity index is 2.15. The Morgan fingerprint density at radius 1 is 1.16 bits per heavy atom. The molecule has 0 fully saturated rings. The number of pyridine rings is 1. The summed E-state index contributed by atoms with van der Waals surface area (Å²) in [6.07, 6.45) is 5.51. The van der Waals surface area contributed by atoms with Crippen LogP contribution in [0, 0.1) is 0 Å². The second kappa shape index (κ2) is 5.24. The first kappa shape index (κ1) is 11.9. The van der Waals surface area contributed by atoms with Gasteiger partial charge in [-0.25, -0.2) is 0 Å². The van der Waals surface area contributed by atoms with Crippen molar-refractivity contribution in [2.45, 2.75) is 13.0 Å². The molecule has 3 heteroatoms. The van der Waals surface area contributed by atoms with Gasteiger partial charge in [-0.05, 0) is 24.1 Å². The van der Waals surface area contributed by atoms with Crippen molar-refractivity contribution in [2.24, 2.45) is 0 Å². The van der Waals surface area contributed by atoms with E-state index in [0.717, 1.165) is 23.3 Å². The maximum Gasteiger partial charge on any atom is 0.125 e. The van der Waals surface area contributed by atoms with Crippen molar-refractivity contribution in [3.63, 3.8) is 0 Å². The molecule has 3 rings (SSSR count). The molecule has 1 unspecified atom stereocenters. The van der Waals surface area contributed by atoms with E-state index in [-0.39, 0.29) is 6.04 Å². The quantitative estimate of drug-likeness (QED) is 0.772. The molecule has 96 valence electrons. The zero-order chi connectivity index (χ0) is 13.1. The molecule has 0 aliphatic rings. The Labute approximate surface area is 112 Å². The Hall–Kier alpha value is -2.13. The van der Waals surface area contributed by atoms with E-state index in [9.17, 15) is 0 Å². The molecule has 3 aromatic rings. The number of hydrogen-bond donors (Lipinski definition) is 1. The lowest BCUT2D eigenvalue weighted by Crippen LogP contribution is -2.21. The number of furan rings is 1. The summed E-state index contributed by atoms with van der Waals surface area (Å²) in [4.78, 5) is 4.34. The minimum absolute atomic E-state index is 0.0404. The standard InChI is InChI=1S/C16H16N2O/c1-2-18-16(15-8-5-9-19-15)14-11-17-10-12-6-3-4-7-13(12)14/h3-11,16,18H,2H2,1H3. The average molecular weight is 252 g/mol. The average Bonchev–Trinajstić information content (AvgIpc) is 2.98. The number of aromatic nitrogens is 1. The monoisotopic (exact) mass is 252 g/mol. The van der Waals surface area contributed by atoms with Crippen molar-refractivity contribution in [1.29, 1.82) is 0 Å². The van der Waals surface area contributed by atoms with Crippen LogP contribution in [0.1, 0.15) is 24.3 Å². The van der Waals surface area contributed by atoms with E-state index >= 15 is 0 Å². The van der Waals surface area contributed by atoms with Gasteiger partial charge in [0.25, 0.3) is 0 Å². The fourth-order valence-corrected chi connectivity index (χ4v) is 2.39. The first-order valence-electron chi connectivity index (χ1n) is 6.49. The fourth-order valence-electron chi connectivity index (χ4n) is 2.39. The highest BCUT2D eigenvalue weighted by Crippen LogP contribution is 2.28. The zero-order valence-corrected chi connectivity index (χ0v) is 10.8. The summed E-state index contributed by atoms with van der Waals surface area (Å²) in [6.45, 7) is 2.96. The number of nitrogens with one attached hydrogen (secondary N) is 1. The molecule has 19 heavy (non-hydrogen) atoms. The molecule has 2 heterocycles. The third kappa shape index (κ3) is 2.25. The van der Waals surface area contributed by atoms with Crippen LogP contribution in [0.4, 0.5) is 0 Å². The van der Waals surface area contributed by atoms with Crippen LogP contribution in [0.2, 0.25) is 0 Å². The Kier molecular flexibility index (Phi) is 3.29. The molecular weight excluding hydrogens is 236 g/mol. The fraction of sp³-hybridized carbons (Fsp3) is 0.188. The zero-order valence-electron chi connectivity index (χ0n) is 10.8. The van der Waals surface area contributed by atoms with Gasteiger partial charge in [0.2, 0.25) is 0 Å². The van der Waals surface area contributed by atoms with Crippen LogP contribution >= 0.6 is 0 Å². The first-order chi connectivity index (χ1) is 9.40. The van der Waals surface area contributed by atoms with Crippen LogP contribution in [0.25, 0.3) is 10.8 Å². The number of benzene rings is 1. The van der Waals surface area contributed by atoms with Crippen molar-refractivity contribution < 1.29 is 4.42 Å². The van der Waals surface area contributed by atoms with Gasteiger partial charge >= 0.3 is 0 Å². The number of hydrogen-bond acceptors (Lipinski definition) is 3. The topological polar surface area (TPSA) is 38.1 Å². The number of rotatable bonds is 4. The predicted octanol–water partition coefficient (Wildman–Crippen LogP) is 3.53. The van der Waals surface area contributed by atoms with E-state index in [1.54, 1.807) is 6.26 Å². The van der Waals surface area contributed by atoms with Crippen LogP contribution in [0.15, 0.2) is 59.5 Å². The van der Waals surface area contributed by atoms with Gasteiger partial charge in [0.05, 0.1) is 12.3 Å². The van der Waals surface area contributed by atoms with Gasteiger partial charge in [0.1, 0.15) is 5.76 Å². The molecule has 0 radical (unpaired) electrons. The van der Waals surface area contributed by atoms with Gasteiger partial charge in [-0.15, -0.1) is 0 Å². The SMILES string of the molecule is CCNC(c1ccco1)c1cncc2ccccc12. The van der Waals surface area contributed by atoms with Gasteiger partial charge in [0.15, 0.2) is 0 Å². The molecule has 0 aliphatic carbocycles. The summed E-state index contributed by atoms with van der Waals surface area (Å²) in [7, 11) is 0. The highest BCUT2D eigenvalue weighted by Gasteiger charge is 2.18. The Bertz CT molecular complexity index is 656. The molecule has 1 N–H and O–H groups in total. The smallest absolute Gasteiger partial charge is 0.125 e. The van der Waals surface area contributed by atoms with Crippen LogP contribution < -0.4 is 5.32 Å². The Morgan fingerprint density at radius 2 is 2.05 bits per heavy atom. The molecule has 0 saturated heterocycles. The lowest BCUT2D eigenvalue weighted by molar-refractivity contribution is 0.453. The minimum atomic E-state index is 0.0404. The van der Waals surface area contributed by atoms with Crippen LogP contribution in [-0.4, -0.2) is 11.5 Å². The predicted molar refractivity (Wildman–Crippen MR) is 76.0 cm³/mol. The van der Waals surface area contributed by atoms with E-state index in [2.05, 4.69) is 35.4 Å². The molecule has 0 amide bonds. The van der Waals surface area contributed by atoms with Crippen molar-refractivity contribution in [1.82, 2.24) is 10.3 Å². The molecule has 0 bridgehead atoms. The van der Waals surface area contributed by atoms with E-state index in [4.69, 9.17) is 4.42 Å². The number of nitrogens with zero attached hydrogens (tertiary/aromatic N) is 1. The van der Waals surface area contributed by atoms with Gasteiger partial charge in [0, 0.05) is 23.3 Å². The molecule has 1 atom stereocenters. The number of fused-ring (bicyclic) bond motifs is 1. The molecule has 0 aliphatic heterocycles. The molecular formula is C16H16N2O. The second-order valence-corrected chi connectivity index (χ2v) is 4.46. The maximum atomic E-state index is 5.56. The largest absolute Gasteiger partial charge is 0.467 e. The lowest BCUT2D eigenvalue weighted by Gasteiger charge is -2.17. The van der Waals surface area contributed by atoms with Gasteiger partial charge in [-0.2, -0.15) is 0 Å². The van der Waals surface area contributed by atoms with E-state index in [0.29, 0.717) is 0 Å². The summed E-state index contributed by atoms with van der Waals surface area (Å²) in [5.74, 6) is 0.917. The van der Waals surface area contributed by atoms with Crippen molar-refractivity contribution in [2.75, 3.05) is 6.54 Å². The third-order valence-corrected chi connectivity index (χ3v) is 3.25. The van der Waals surface area contributed by atoms with Crippen molar-refractivity contribution >= 4 is 10.8 Å². The Morgan fingerprint density at radius 3 is 2.84 bits per heavy atom. The summed E-state index contributed by atoms with van der Waals surface area (Å²) in [5, 5.41) is 5.82.